The summed E-state index contributed by atoms with van der Waals surface area (Å²) in [4.78, 5) is 2.23. The molecule has 0 saturated heterocycles. The minimum absolute atomic E-state index is 0.272. The molecule has 0 aliphatic rings. The molecule has 1 rings (SSSR count). The van der Waals surface area contributed by atoms with Gasteiger partial charge >= 0.3 is 0 Å². The minimum Gasteiger partial charge on any atom is -0.389 e. The van der Waals surface area contributed by atoms with Crippen molar-refractivity contribution in [2.75, 3.05) is 25.2 Å². The zero-order chi connectivity index (χ0) is 16.0. The summed E-state index contributed by atoms with van der Waals surface area (Å²) in [5.41, 5.74) is 2.15. The maximum absolute atomic E-state index is 13.8. The number of anilines is 1. The lowest BCUT2D eigenvalue weighted by Gasteiger charge is -2.35. The molecule has 0 heterocycles. The van der Waals surface area contributed by atoms with Crippen LogP contribution in [0.5, 0.6) is 0 Å². The van der Waals surface area contributed by atoms with Gasteiger partial charge in [-0.05, 0) is 44.4 Å². The van der Waals surface area contributed by atoms with Crippen molar-refractivity contribution < 1.29 is 14.2 Å². The third-order valence-corrected chi connectivity index (χ3v) is 3.99. The highest BCUT2D eigenvalue weighted by Gasteiger charge is 2.21. The average molecular weight is 297 g/mol. The molecule has 1 atom stereocenters. The topological polar surface area (TPSA) is 32.7 Å². The molecular weight excluding hydrogens is 269 g/mol. The predicted molar refractivity (Wildman–Crippen MR) is 85.4 cm³/mol. The lowest BCUT2D eigenvalue weighted by Crippen LogP contribution is -2.38. The van der Waals surface area contributed by atoms with Gasteiger partial charge in [-0.25, -0.2) is 4.39 Å². The molecule has 120 valence electrons. The number of ether oxygens (including phenoxy) is 1. The van der Waals surface area contributed by atoms with E-state index < -0.39 is 6.10 Å². The highest BCUT2D eigenvalue weighted by atomic mass is 19.1. The second kappa shape index (κ2) is 8.35. The van der Waals surface area contributed by atoms with Gasteiger partial charge in [0, 0.05) is 30.9 Å². The lowest BCUT2D eigenvalue weighted by molar-refractivity contribution is 0.195. The van der Waals surface area contributed by atoms with E-state index in [1.165, 1.54) is 6.07 Å². The summed E-state index contributed by atoms with van der Waals surface area (Å²) in [6.07, 6.45) is 1.29. The van der Waals surface area contributed by atoms with Crippen molar-refractivity contribution in [3.05, 3.63) is 29.1 Å². The van der Waals surface area contributed by atoms with Crippen molar-refractivity contribution >= 4 is 5.69 Å². The van der Waals surface area contributed by atoms with Crippen molar-refractivity contribution in [1.29, 1.82) is 0 Å². The van der Waals surface area contributed by atoms with Crippen LogP contribution in [0.4, 0.5) is 10.1 Å². The first-order chi connectivity index (χ1) is 9.96. The number of rotatable bonds is 8. The van der Waals surface area contributed by atoms with Crippen molar-refractivity contribution in [1.82, 2.24) is 0 Å². The van der Waals surface area contributed by atoms with Crippen molar-refractivity contribution in [2.24, 2.45) is 0 Å². The Bertz CT molecular complexity index is 445. The molecule has 0 spiro atoms. The summed E-state index contributed by atoms with van der Waals surface area (Å²) in [6.45, 7) is 9.06. The van der Waals surface area contributed by atoms with Gasteiger partial charge in [0.1, 0.15) is 5.82 Å². The van der Waals surface area contributed by atoms with Crippen LogP contribution in [0.3, 0.4) is 0 Å². The van der Waals surface area contributed by atoms with E-state index in [2.05, 4.69) is 18.7 Å². The third kappa shape index (κ3) is 4.42. The zero-order valence-corrected chi connectivity index (χ0v) is 13.8. The molecule has 0 fully saturated rings. The Morgan fingerprint density at radius 3 is 2.38 bits per heavy atom. The van der Waals surface area contributed by atoms with Gasteiger partial charge in [0.2, 0.25) is 0 Å². The third-order valence-electron chi connectivity index (χ3n) is 3.99. The Morgan fingerprint density at radius 1 is 1.29 bits per heavy atom. The number of aryl methyl sites for hydroxylation is 1. The summed E-state index contributed by atoms with van der Waals surface area (Å²) in [5.74, 6) is -0.272. The molecule has 4 heteroatoms. The quantitative estimate of drug-likeness (QED) is 0.791. The van der Waals surface area contributed by atoms with Crippen LogP contribution in [-0.2, 0) is 4.74 Å². The number of aliphatic hydroxyl groups excluding tert-OH is 1. The Labute approximate surface area is 127 Å². The van der Waals surface area contributed by atoms with Crippen LogP contribution in [0.2, 0.25) is 0 Å². The van der Waals surface area contributed by atoms with E-state index in [4.69, 9.17) is 4.74 Å². The number of halogens is 1. The second-order valence-electron chi connectivity index (χ2n) is 5.49. The molecule has 0 aliphatic carbocycles. The van der Waals surface area contributed by atoms with Gasteiger partial charge in [-0.3, -0.25) is 0 Å². The molecule has 1 aromatic carbocycles. The Kier molecular flexibility index (Phi) is 7.12. The molecule has 0 bridgehead atoms. The lowest BCUT2D eigenvalue weighted by atomic mass is 10.0. The number of benzene rings is 1. The summed E-state index contributed by atoms with van der Waals surface area (Å²) in [6, 6.07) is 3.64. The predicted octanol–water partition coefficient (Wildman–Crippen LogP) is 3.83. The minimum atomic E-state index is -0.700. The fraction of sp³-hybridized carbons (Fsp3) is 0.647. The summed E-state index contributed by atoms with van der Waals surface area (Å²) in [7, 11) is 1.68. The van der Waals surface area contributed by atoms with Gasteiger partial charge in [0.05, 0.1) is 12.7 Å². The summed E-state index contributed by atoms with van der Waals surface area (Å²) < 4.78 is 19.1. The number of nitrogens with zero attached hydrogens (tertiary/aromatic N) is 1. The molecule has 1 aromatic rings. The second-order valence-corrected chi connectivity index (χ2v) is 5.49. The van der Waals surface area contributed by atoms with Gasteiger partial charge in [-0.1, -0.05) is 13.8 Å². The summed E-state index contributed by atoms with van der Waals surface area (Å²) >= 11 is 0. The van der Waals surface area contributed by atoms with Crippen LogP contribution in [0, 0.1) is 12.7 Å². The molecule has 0 amide bonds. The molecule has 0 saturated carbocycles. The van der Waals surface area contributed by atoms with Gasteiger partial charge in [-0.2, -0.15) is 0 Å². The molecule has 1 unspecified atom stereocenters. The van der Waals surface area contributed by atoms with Crippen molar-refractivity contribution in [3.8, 4) is 0 Å². The molecule has 3 nitrogen and oxygen atoms in total. The monoisotopic (exact) mass is 297 g/mol. The fourth-order valence-corrected chi connectivity index (χ4v) is 2.68. The van der Waals surface area contributed by atoms with E-state index in [1.54, 1.807) is 21.0 Å². The maximum atomic E-state index is 13.8. The van der Waals surface area contributed by atoms with Gasteiger partial charge in [-0.15, -0.1) is 0 Å². The first-order valence-electron chi connectivity index (χ1n) is 7.69. The number of hydrogen-bond acceptors (Lipinski definition) is 3. The molecule has 0 aromatic heterocycles. The van der Waals surface area contributed by atoms with Gasteiger partial charge in [0.15, 0.2) is 0 Å². The Hall–Kier alpha value is -1.13. The molecule has 0 aliphatic heterocycles. The zero-order valence-electron chi connectivity index (χ0n) is 13.8. The first kappa shape index (κ1) is 17.9. The van der Waals surface area contributed by atoms with Crippen LogP contribution in [0.15, 0.2) is 12.1 Å². The Morgan fingerprint density at radius 2 is 1.90 bits per heavy atom. The molecule has 1 N–H and O–H groups in total. The van der Waals surface area contributed by atoms with E-state index in [0.29, 0.717) is 23.8 Å². The van der Waals surface area contributed by atoms with Crippen molar-refractivity contribution in [2.45, 2.75) is 52.7 Å². The smallest absolute Gasteiger partial charge is 0.126 e. The highest BCUT2D eigenvalue weighted by Crippen LogP contribution is 2.31. The normalized spacial score (nSPS) is 12.8. The van der Waals surface area contributed by atoms with Crippen LogP contribution in [0.25, 0.3) is 0 Å². The highest BCUT2D eigenvalue weighted by molar-refractivity contribution is 5.57. The largest absolute Gasteiger partial charge is 0.389 e. The SMILES string of the molecule is CCC(CC)N(CCOC)c1cc(C)c(F)cc1C(C)O. The number of hydrogen-bond donors (Lipinski definition) is 1. The average Bonchev–Trinajstić information content (AvgIpc) is 2.46. The van der Waals surface area contributed by atoms with Crippen LogP contribution >= 0.6 is 0 Å². The van der Waals surface area contributed by atoms with E-state index in [9.17, 15) is 9.50 Å². The fourth-order valence-electron chi connectivity index (χ4n) is 2.68. The van der Waals surface area contributed by atoms with Crippen LogP contribution in [-0.4, -0.2) is 31.4 Å². The summed E-state index contributed by atoms with van der Waals surface area (Å²) in [5, 5.41) is 10.00. The first-order valence-corrected chi connectivity index (χ1v) is 7.69. The van der Waals surface area contributed by atoms with E-state index in [-0.39, 0.29) is 5.82 Å². The van der Waals surface area contributed by atoms with Gasteiger partial charge < -0.3 is 14.7 Å². The molecule has 21 heavy (non-hydrogen) atoms. The molecular formula is C17H28FNO2. The standard InChI is InChI=1S/C17H28FNO2/c1-6-14(7-2)19(8-9-21-5)17-10-12(3)16(18)11-15(17)13(4)20/h10-11,13-14,20H,6-9H2,1-5H3. The van der Waals surface area contributed by atoms with E-state index in [0.717, 1.165) is 25.1 Å². The molecule has 0 radical (unpaired) electrons. The van der Waals surface area contributed by atoms with E-state index >= 15 is 0 Å². The Balaban J connectivity index is 3.30. The maximum Gasteiger partial charge on any atom is 0.126 e. The number of methoxy groups -OCH3 is 1. The van der Waals surface area contributed by atoms with Crippen LogP contribution in [0.1, 0.15) is 50.8 Å². The van der Waals surface area contributed by atoms with E-state index in [1.807, 2.05) is 6.07 Å². The van der Waals surface area contributed by atoms with Crippen LogP contribution < -0.4 is 4.90 Å². The van der Waals surface area contributed by atoms with Gasteiger partial charge in [0.25, 0.3) is 0 Å². The van der Waals surface area contributed by atoms with Crippen molar-refractivity contribution in [3.63, 3.8) is 0 Å². The number of aliphatic hydroxyl groups is 1.